The number of rotatable bonds is 3. The molecule has 82 valence electrons. The molecule has 0 saturated heterocycles. The quantitative estimate of drug-likeness (QED) is 0.848. The van der Waals surface area contributed by atoms with Crippen LogP contribution in [0.4, 0.5) is 11.6 Å². The van der Waals surface area contributed by atoms with E-state index < -0.39 is 0 Å². The zero-order valence-electron chi connectivity index (χ0n) is 9.09. The smallest absolute Gasteiger partial charge is 0.177 e. The highest BCUT2D eigenvalue weighted by molar-refractivity contribution is 5.55. The number of nitrogens with zero attached hydrogens (tertiary/aromatic N) is 4. The van der Waals surface area contributed by atoms with E-state index in [1.807, 2.05) is 29.9 Å². The molecule has 0 bridgehead atoms. The van der Waals surface area contributed by atoms with Crippen LogP contribution < -0.4 is 5.32 Å². The molecular weight excluding hydrogens is 202 g/mol. The van der Waals surface area contributed by atoms with Gasteiger partial charge in [0.15, 0.2) is 5.82 Å². The van der Waals surface area contributed by atoms with Gasteiger partial charge < -0.3 is 5.32 Å². The first kappa shape index (κ1) is 9.33. The number of hydrogen-bond acceptors (Lipinski definition) is 4. The summed E-state index contributed by atoms with van der Waals surface area (Å²) >= 11 is 0. The largest absolute Gasteiger partial charge is 0.322 e. The fourth-order valence-corrected chi connectivity index (χ4v) is 1.83. The summed E-state index contributed by atoms with van der Waals surface area (Å²) in [5.74, 6) is 2.26. The molecule has 0 aromatic carbocycles. The van der Waals surface area contributed by atoms with Crippen molar-refractivity contribution in [2.75, 3.05) is 5.32 Å². The van der Waals surface area contributed by atoms with E-state index in [0.717, 1.165) is 11.6 Å². The van der Waals surface area contributed by atoms with E-state index in [-0.39, 0.29) is 0 Å². The molecule has 2 aromatic heterocycles. The summed E-state index contributed by atoms with van der Waals surface area (Å²) in [7, 11) is 1.93. The molecule has 1 aliphatic carbocycles. The fourth-order valence-electron chi connectivity index (χ4n) is 1.83. The van der Waals surface area contributed by atoms with Gasteiger partial charge in [-0.3, -0.25) is 0 Å². The van der Waals surface area contributed by atoms with E-state index in [1.165, 1.54) is 18.5 Å². The van der Waals surface area contributed by atoms with Gasteiger partial charge in [0.1, 0.15) is 5.82 Å². The molecule has 0 aliphatic heterocycles. The van der Waals surface area contributed by atoms with E-state index in [0.29, 0.717) is 5.92 Å². The lowest BCUT2D eigenvalue weighted by Crippen LogP contribution is -2.00. The molecule has 1 N–H and O–H groups in total. The van der Waals surface area contributed by atoms with Crippen molar-refractivity contribution in [2.45, 2.75) is 18.8 Å². The van der Waals surface area contributed by atoms with Gasteiger partial charge in [-0.2, -0.15) is 0 Å². The molecule has 0 amide bonds. The maximum atomic E-state index is 4.22. The van der Waals surface area contributed by atoms with E-state index in [9.17, 15) is 0 Å². The van der Waals surface area contributed by atoms with Crippen LogP contribution in [0.15, 0.2) is 24.4 Å². The predicted octanol–water partition coefficient (Wildman–Crippen LogP) is 1.83. The van der Waals surface area contributed by atoms with E-state index in [4.69, 9.17) is 0 Å². The normalized spacial score (nSPS) is 15.1. The Morgan fingerprint density at radius 2 is 2.25 bits per heavy atom. The van der Waals surface area contributed by atoms with E-state index >= 15 is 0 Å². The van der Waals surface area contributed by atoms with Crippen molar-refractivity contribution >= 4 is 11.6 Å². The Morgan fingerprint density at radius 3 is 2.94 bits per heavy atom. The Kier molecular flexibility index (Phi) is 2.09. The molecule has 5 heteroatoms. The number of nitrogens with one attached hydrogen (secondary N) is 1. The predicted molar refractivity (Wildman–Crippen MR) is 60.5 cm³/mol. The minimum atomic E-state index is 0.617. The van der Waals surface area contributed by atoms with Crippen LogP contribution in [0.2, 0.25) is 0 Å². The van der Waals surface area contributed by atoms with Crippen LogP contribution in [-0.4, -0.2) is 20.0 Å². The molecule has 0 radical (unpaired) electrons. The summed E-state index contributed by atoms with van der Waals surface area (Å²) in [6.45, 7) is 0. The summed E-state index contributed by atoms with van der Waals surface area (Å²) in [6.07, 6.45) is 4.23. The number of aryl methyl sites for hydroxylation is 1. The SMILES string of the molecule is Cn1nnc(Nc2ccccn2)c1C1CC1. The van der Waals surface area contributed by atoms with Crippen LogP contribution in [0.25, 0.3) is 0 Å². The zero-order valence-corrected chi connectivity index (χ0v) is 9.09. The lowest BCUT2D eigenvalue weighted by Gasteiger charge is -2.04. The highest BCUT2D eigenvalue weighted by Crippen LogP contribution is 2.42. The molecule has 1 fully saturated rings. The van der Waals surface area contributed by atoms with Crippen molar-refractivity contribution in [1.82, 2.24) is 20.0 Å². The molecule has 2 heterocycles. The molecule has 0 atom stereocenters. The molecule has 1 saturated carbocycles. The second-order valence-corrected chi connectivity index (χ2v) is 4.06. The summed E-state index contributed by atoms with van der Waals surface area (Å²) in [5.41, 5.74) is 1.19. The number of pyridine rings is 1. The fraction of sp³-hybridized carbons (Fsp3) is 0.364. The van der Waals surface area contributed by atoms with Crippen LogP contribution in [0.3, 0.4) is 0 Å². The van der Waals surface area contributed by atoms with Crippen LogP contribution in [-0.2, 0) is 7.05 Å². The highest BCUT2D eigenvalue weighted by Gasteiger charge is 2.30. The number of hydrogen-bond donors (Lipinski definition) is 1. The maximum absolute atomic E-state index is 4.22. The van der Waals surface area contributed by atoms with Gasteiger partial charge in [-0.25, -0.2) is 9.67 Å². The summed E-state index contributed by atoms with van der Waals surface area (Å²) < 4.78 is 1.85. The Bertz CT molecular complexity index is 486. The van der Waals surface area contributed by atoms with Gasteiger partial charge in [0.05, 0.1) is 5.69 Å². The zero-order chi connectivity index (χ0) is 11.0. The molecule has 2 aromatic rings. The first-order chi connectivity index (χ1) is 7.84. The molecular formula is C11H13N5. The first-order valence-electron chi connectivity index (χ1n) is 5.42. The maximum Gasteiger partial charge on any atom is 0.177 e. The van der Waals surface area contributed by atoms with E-state index in [2.05, 4.69) is 20.6 Å². The molecule has 16 heavy (non-hydrogen) atoms. The van der Waals surface area contributed by atoms with Crippen LogP contribution in [0.5, 0.6) is 0 Å². The minimum Gasteiger partial charge on any atom is -0.322 e. The Balaban J connectivity index is 1.90. The van der Waals surface area contributed by atoms with Gasteiger partial charge >= 0.3 is 0 Å². The van der Waals surface area contributed by atoms with Gasteiger partial charge in [0.2, 0.25) is 0 Å². The van der Waals surface area contributed by atoms with E-state index in [1.54, 1.807) is 6.20 Å². The molecule has 5 nitrogen and oxygen atoms in total. The van der Waals surface area contributed by atoms with Crippen molar-refractivity contribution in [2.24, 2.45) is 7.05 Å². The van der Waals surface area contributed by atoms with Crippen molar-refractivity contribution < 1.29 is 0 Å². The van der Waals surface area contributed by atoms with Gasteiger partial charge in [-0.05, 0) is 25.0 Å². The Morgan fingerprint density at radius 1 is 1.38 bits per heavy atom. The molecule has 0 spiro atoms. The van der Waals surface area contributed by atoms with Gasteiger partial charge in [0.25, 0.3) is 0 Å². The Labute approximate surface area is 93.5 Å². The number of anilines is 2. The Hall–Kier alpha value is -1.91. The van der Waals surface area contributed by atoms with Gasteiger partial charge in [0, 0.05) is 19.2 Å². The second-order valence-electron chi connectivity index (χ2n) is 4.06. The average Bonchev–Trinajstić information content (AvgIpc) is 3.07. The lowest BCUT2D eigenvalue weighted by atomic mass is 10.3. The average molecular weight is 215 g/mol. The standard InChI is InChI=1S/C11H13N5/c1-16-10(8-5-6-8)11(14-15-16)13-9-4-2-3-7-12-9/h2-4,7-8H,5-6H2,1H3,(H,12,13). The van der Waals surface area contributed by atoms with Gasteiger partial charge in [-0.1, -0.05) is 11.3 Å². The topological polar surface area (TPSA) is 55.6 Å². The van der Waals surface area contributed by atoms with Crippen molar-refractivity contribution in [1.29, 1.82) is 0 Å². The van der Waals surface area contributed by atoms with Crippen molar-refractivity contribution in [3.63, 3.8) is 0 Å². The third kappa shape index (κ3) is 1.64. The monoisotopic (exact) mass is 215 g/mol. The summed E-state index contributed by atoms with van der Waals surface area (Å²) in [5, 5.41) is 11.4. The minimum absolute atomic E-state index is 0.617. The molecule has 0 unspecified atom stereocenters. The first-order valence-corrected chi connectivity index (χ1v) is 5.42. The third-order valence-electron chi connectivity index (χ3n) is 2.75. The molecule has 3 rings (SSSR count). The van der Waals surface area contributed by atoms with Gasteiger partial charge in [-0.15, -0.1) is 5.10 Å². The molecule has 1 aliphatic rings. The van der Waals surface area contributed by atoms with Crippen molar-refractivity contribution in [3.8, 4) is 0 Å². The van der Waals surface area contributed by atoms with Crippen LogP contribution in [0, 0.1) is 0 Å². The number of aromatic nitrogens is 4. The lowest BCUT2D eigenvalue weighted by molar-refractivity contribution is 0.679. The summed E-state index contributed by atoms with van der Waals surface area (Å²) in [4.78, 5) is 4.22. The van der Waals surface area contributed by atoms with Crippen LogP contribution >= 0.6 is 0 Å². The highest BCUT2D eigenvalue weighted by atomic mass is 15.4. The summed E-state index contributed by atoms with van der Waals surface area (Å²) in [6, 6.07) is 5.76. The third-order valence-corrected chi connectivity index (χ3v) is 2.75. The van der Waals surface area contributed by atoms with Crippen LogP contribution in [0.1, 0.15) is 24.5 Å². The van der Waals surface area contributed by atoms with Crippen molar-refractivity contribution in [3.05, 3.63) is 30.1 Å². The second kappa shape index (κ2) is 3.59.